The van der Waals surface area contributed by atoms with Crippen molar-refractivity contribution >= 4 is 11.8 Å². The van der Waals surface area contributed by atoms with Crippen LogP contribution >= 0.6 is 11.8 Å². The molecule has 4 nitrogen and oxygen atoms in total. The van der Waals surface area contributed by atoms with Crippen molar-refractivity contribution in [1.82, 2.24) is 0 Å². The van der Waals surface area contributed by atoms with Crippen molar-refractivity contribution in [1.29, 1.82) is 0 Å². The molecule has 0 bridgehead atoms. The molecule has 0 aliphatic carbocycles. The maximum atomic E-state index is 9.47. The topological polar surface area (TPSA) is 64.7 Å². The molecule has 2 atom stereocenters. The molecule has 2 unspecified atom stereocenters. The average molecular weight is 283 g/mol. The zero-order chi connectivity index (χ0) is 13.7. The van der Waals surface area contributed by atoms with E-state index in [1.807, 2.05) is 18.2 Å². The Morgan fingerprint density at radius 3 is 2.74 bits per heavy atom. The van der Waals surface area contributed by atoms with Crippen molar-refractivity contribution < 1.29 is 14.6 Å². The highest BCUT2D eigenvalue weighted by Crippen LogP contribution is 2.36. The fourth-order valence-corrected chi connectivity index (χ4v) is 3.11. The molecule has 0 fully saturated rings. The lowest BCUT2D eigenvalue weighted by Crippen LogP contribution is -2.34. The quantitative estimate of drug-likeness (QED) is 0.782. The van der Waals surface area contributed by atoms with Gasteiger partial charge in [-0.15, -0.1) is 11.8 Å². The Morgan fingerprint density at radius 2 is 2.05 bits per heavy atom. The number of aliphatic hydroxyl groups is 1. The van der Waals surface area contributed by atoms with E-state index in [1.54, 1.807) is 11.8 Å². The largest absolute Gasteiger partial charge is 0.486 e. The van der Waals surface area contributed by atoms with Gasteiger partial charge in [0.1, 0.15) is 13.2 Å². The van der Waals surface area contributed by atoms with E-state index in [0.29, 0.717) is 13.2 Å². The zero-order valence-corrected chi connectivity index (χ0v) is 12.0. The summed E-state index contributed by atoms with van der Waals surface area (Å²) in [6, 6.07) is 5.87. The third-order valence-corrected chi connectivity index (χ3v) is 4.41. The summed E-state index contributed by atoms with van der Waals surface area (Å²) in [6.45, 7) is 3.36. The molecule has 1 aliphatic rings. The minimum atomic E-state index is 0.00759. The van der Waals surface area contributed by atoms with E-state index in [0.717, 1.165) is 29.2 Å². The molecule has 1 aromatic rings. The van der Waals surface area contributed by atoms with Crippen LogP contribution in [0.2, 0.25) is 0 Å². The van der Waals surface area contributed by atoms with E-state index in [9.17, 15) is 5.11 Å². The maximum Gasteiger partial charge on any atom is 0.162 e. The lowest BCUT2D eigenvalue weighted by molar-refractivity contribution is 0.171. The predicted octanol–water partition coefficient (Wildman–Crippen LogP) is 2.04. The molecule has 1 heterocycles. The van der Waals surface area contributed by atoms with Gasteiger partial charge < -0.3 is 20.3 Å². The van der Waals surface area contributed by atoms with E-state index < -0.39 is 0 Å². The van der Waals surface area contributed by atoms with Gasteiger partial charge in [-0.1, -0.05) is 13.3 Å². The number of benzene rings is 1. The van der Waals surface area contributed by atoms with E-state index in [-0.39, 0.29) is 17.9 Å². The minimum absolute atomic E-state index is 0.00759. The number of hydrogen-bond donors (Lipinski definition) is 2. The molecule has 1 aliphatic heterocycles. The van der Waals surface area contributed by atoms with Gasteiger partial charge in [-0.2, -0.15) is 0 Å². The van der Waals surface area contributed by atoms with Crippen molar-refractivity contribution in [3.05, 3.63) is 18.2 Å². The monoisotopic (exact) mass is 283 g/mol. The fourth-order valence-electron chi connectivity index (χ4n) is 2.05. The second-order valence-corrected chi connectivity index (χ2v) is 5.91. The van der Waals surface area contributed by atoms with Gasteiger partial charge in [0.2, 0.25) is 0 Å². The van der Waals surface area contributed by atoms with Gasteiger partial charge in [-0.25, -0.2) is 0 Å². The second kappa shape index (κ2) is 7.03. The minimum Gasteiger partial charge on any atom is -0.486 e. The third kappa shape index (κ3) is 3.78. The number of thioether (sulfide) groups is 1. The van der Waals surface area contributed by atoms with E-state index in [2.05, 4.69) is 6.92 Å². The highest BCUT2D eigenvalue weighted by Gasteiger charge is 2.19. The van der Waals surface area contributed by atoms with Crippen molar-refractivity contribution in [2.45, 2.75) is 36.0 Å². The van der Waals surface area contributed by atoms with Crippen LogP contribution in [-0.4, -0.2) is 36.2 Å². The molecule has 3 N–H and O–H groups in total. The molecule has 19 heavy (non-hydrogen) atoms. The Labute approximate surface area is 118 Å². The third-order valence-electron chi connectivity index (χ3n) is 3.08. The highest BCUT2D eigenvalue weighted by molar-refractivity contribution is 8.00. The number of ether oxygens (including phenoxy) is 2. The lowest BCUT2D eigenvalue weighted by atomic mass is 10.1. The van der Waals surface area contributed by atoms with E-state index in [4.69, 9.17) is 15.2 Å². The Bertz CT molecular complexity index is 414. The average Bonchev–Trinajstić information content (AvgIpc) is 2.44. The Balaban J connectivity index is 2.05. The van der Waals surface area contributed by atoms with Crippen LogP contribution in [0.1, 0.15) is 19.8 Å². The predicted molar refractivity (Wildman–Crippen MR) is 77.0 cm³/mol. The molecule has 5 heteroatoms. The SMILES string of the molecule is CCCC(N)C(CO)Sc1ccc2c(c1)OCCO2. The Kier molecular flexibility index (Phi) is 5.36. The van der Waals surface area contributed by atoms with Crippen molar-refractivity contribution in [3.8, 4) is 11.5 Å². The zero-order valence-electron chi connectivity index (χ0n) is 11.2. The van der Waals surface area contributed by atoms with Gasteiger partial charge in [0.15, 0.2) is 11.5 Å². The summed E-state index contributed by atoms with van der Waals surface area (Å²) >= 11 is 1.60. The first kappa shape index (κ1) is 14.5. The summed E-state index contributed by atoms with van der Waals surface area (Å²) in [5, 5.41) is 9.48. The molecular weight excluding hydrogens is 262 g/mol. The van der Waals surface area contributed by atoms with Crippen LogP contribution in [0.25, 0.3) is 0 Å². The number of fused-ring (bicyclic) bond motifs is 1. The van der Waals surface area contributed by atoms with Gasteiger partial charge in [0.05, 0.1) is 6.61 Å². The molecule has 0 saturated heterocycles. The molecule has 2 rings (SSSR count). The summed E-state index contributed by atoms with van der Waals surface area (Å²) in [5.74, 6) is 1.56. The van der Waals surface area contributed by atoms with Crippen LogP contribution in [0.3, 0.4) is 0 Å². The molecule has 1 aromatic carbocycles. The highest BCUT2D eigenvalue weighted by atomic mass is 32.2. The van der Waals surface area contributed by atoms with Crippen LogP contribution in [-0.2, 0) is 0 Å². The van der Waals surface area contributed by atoms with Gasteiger partial charge in [-0.05, 0) is 24.6 Å². The number of rotatable bonds is 6. The maximum absolute atomic E-state index is 9.47. The summed E-state index contributed by atoms with van der Waals surface area (Å²) in [5.41, 5.74) is 6.09. The van der Waals surface area contributed by atoms with Crippen molar-refractivity contribution in [2.24, 2.45) is 5.73 Å². The molecule has 0 saturated carbocycles. The molecule has 106 valence electrons. The lowest BCUT2D eigenvalue weighted by Gasteiger charge is -2.22. The molecule has 0 amide bonds. The van der Waals surface area contributed by atoms with Gasteiger partial charge in [0.25, 0.3) is 0 Å². The van der Waals surface area contributed by atoms with Crippen LogP contribution < -0.4 is 15.2 Å². The summed E-state index contributed by atoms with van der Waals surface area (Å²) < 4.78 is 11.0. The van der Waals surface area contributed by atoms with Crippen LogP contribution in [0.5, 0.6) is 11.5 Å². The normalized spacial score (nSPS) is 17.0. The first-order valence-electron chi connectivity index (χ1n) is 6.67. The standard InChI is InChI=1S/C14H21NO3S/c1-2-3-11(15)14(9-16)19-10-4-5-12-13(8-10)18-7-6-17-12/h4-5,8,11,14,16H,2-3,6-7,9,15H2,1H3. The van der Waals surface area contributed by atoms with E-state index >= 15 is 0 Å². The van der Waals surface area contributed by atoms with Gasteiger partial charge >= 0.3 is 0 Å². The molecule has 0 spiro atoms. The second-order valence-electron chi connectivity index (χ2n) is 4.60. The first-order valence-corrected chi connectivity index (χ1v) is 7.55. The number of hydrogen-bond acceptors (Lipinski definition) is 5. The van der Waals surface area contributed by atoms with Gasteiger partial charge in [-0.3, -0.25) is 0 Å². The molecule has 0 aromatic heterocycles. The summed E-state index contributed by atoms with van der Waals surface area (Å²) in [6.07, 6.45) is 1.95. The van der Waals surface area contributed by atoms with Crippen LogP contribution in [0.15, 0.2) is 23.1 Å². The summed E-state index contributed by atoms with van der Waals surface area (Å²) in [7, 11) is 0. The Morgan fingerprint density at radius 1 is 1.32 bits per heavy atom. The van der Waals surface area contributed by atoms with Gasteiger partial charge in [0, 0.05) is 16.2 Å². The first-order chi connectivity index (χ1) is 9.24. The van der Waals surface area contributed by atoms with Crippen molar-refractivity contribution in [2.75, 3.05) is 19.8 Å². The fraction of sp³-hybridized carbons (Fsp3) is 0.571. The van der Waals surface area contributed by atoms with Crippen LogP contribution in [0, 0.1) is 0 Å². The molecule has 0 radical (unpaired) electrons. The van der Waals surface area contributed by atoms with Crippen LogP contribution in [0.4, 0.5) is 0 Å². The number of aliphatic hydroxyl groups excluding tert-OH is 1. The summed E-state index contributed by atoms with van der Waals surface area (Å²) in [4.78, 5) is 1.05. The Hall–Kier alpha value is -0.910. The molecular formula is C14H21NO3S. The smallest absolute Gasteiger partial charge is 0.162 e. The number of nitrogens with two attached hydrogens (primary N) is 1. The van der Waals surface area contributed by atoms with E-state index in [1.165, 1.54) is 0 Å². The van der Waals surface area contributed by atoms with Crippen molar-refractivity contribution in [3.63, 3.8) is 0 Å².